The zero-order chi connectivity index (χ0) is 13.8. The van der Waals surface area contributed by atoms with Gasteiger partial charge < -0.3 is 4.90 Å². The third-order valence-electron chi connectivity index (χ3n) is 3.38. The van der Waals surface area contributed by atoms with Crippen molar-refractivity contribution in [2.24, 2.45) is 0 Å². The molecule has 2 rings (SSSR count). The van der Waals surface area contributed by atoms with Crippen molar-refractivity contribution in [1.82, 2.24) is 0 Å². The summed E-state index contributed by atoms with van der Waals surface area (Å²) in [4.78, 5) is 25.8. The summed E-state index contributed by atoms with van der Waals surface area (Å²) in [5, 5.41) is 0. The number of benzene rings is 1. The normalized spacial score (nSPS) is 16.2. The standard InChI is InChI=1S/C16H19NO2/c1-17(2)13-9-7-12(8-10-13)11-14-15(18)5-3-4-6-16(14)19/h7-11H,3-6H2,1-2H3. The maximum Gasteiger partial charge on any atom is 0.166 e. The molecule has 0 saturated heterocycles. The van der Waals surface area contributed by atoms with Crippen LogP contribution in [0.4, 0.5) is 5.69 Å². The lowest BCUT2D eigenvalue weighted by atomic mass is 10.0. The highest BCUT2D eigenvalue weighted by molar-refractivity contribution is 6.23. The first-order valence-electron chi connectivity index (χ1n) is 6.63. The Labute approximate surface area is 113 Å². The zero-order valence-corrected chi connectivity index (χ0v) is 11.5. The van der Waals surface area contributed by atoms with Crippen molar-refractivity contribution >= 4 is 23.3 Å². The fourth-order valence-electron chi connectivity index (χ4n) is 2.19. The topological polar surface area (TPSA) is 37.4 Å². The molecule has 1 aromatic rings. The Morgan fingerprint density at radius 2 is 1.47 bits per heavy atom. The van der Waals surface area contributed by atoms with Gasteiger partial charge in [0.25, 0.3) is 0 Å². The predicted octanol–water partition coefficient (Wildman–Crippen LogP) is 2.85. The van der Waals surface area contributed by atoms with Gasteiger partial charge in [-0.25, -0.2) is 0 Å². The van der Waals surface area contributed by atoms with E-state index in [1.165, 1.54) is 0 Å². The van der Waals surface area contributed by atoms with Crippen molar-refractivity contribution < 1.29 is 9.59 Å². The van der Waals surface area contributed by atoms with Crippen molar-refractivity contribution in [2.45, 2.75) is 25.7 Å². The van der Waals surface area contributed by atoms with Gasteiger partial charge >= 0.3 is 0 Å². The van der Waals surface area contributed by atoms with Crippen LogP contribution >= 0.6 is 0 Å². The maximum atomic E-state index is 11.9. The number of ketones is 2. The Kier molecular flexibility index (Phi) is 4.15. The number of allylic oxidation sites excluding steroid dienone is 1. The SMILES string of the molecule is CN(C)c1ccc(C=C2C(=O)CCCCC2=O)cc1. The largest absolute Gasteiger partial charge is 0.378 e. The summed E-state index contributed by atoms with van der Waals surface area (Å²) >= 11 is 0. The molecular formula is C16H19NO2. The van der Waals surface area contributed by atoms with Crippen molar-refractivity contribution in [3.05, 3.63) is 35.4 Å². The molecular weight excluding hydrogens is 238 g/mol. The number of Topliss-reactive ketones (excluding diaryl/α,β-unsaturated/α-hetero) is 2. The quantitative estimate of drug-likeness (QED) is 0.464. The summed E-state index contributed by atoms with van der Waals surface area (Å²) in [5.74, 6) is -0.0293. The smallest absolute Gasteiger partial charge is 0.166 e. The molecule has 1 aromatic carbocycles. The second kappa shape index (κ2) is 5.83. The molecule has 0 heterocycles. The van der Waals surface area contributed by atoms with Gasteiger partial charge in [-0.05, 0) is 36.6 Å². The Balaban J connectivity index is 2.27. The number of nitrogens with zero attached hydrogens (tertiary/aromatic N) is 1. The molecule has 1 aliphatic rings. The summed E-state index contributed by atoms with van der Waals surface area (Å²) in [5.41, 5.74) is 2.37. The Morgan fingerprint density at radius 3 is 1.95 bits per heavy atom. The number of hydrogen-bond donors (Lipinski definition) is 0. The van der Waals surface area contributed by atoms with Gasteiger partial charge in [-0.3, -0.25) is 9.59 Å². The molecule has 100 valence electrons. The molecule has 0 aliphatic heterocycles. The second-order valence-corrected chi connectivity index (χ2v) is 5.10. The molecule has 1 saturated carbocycles. The predicted molar refractivity (Wildman–Crippen MR) is 77.2 cm³/mol. The average Bonchev–Trinajstić information content (AvgIpc) is 2.54. The maximum absolute atomic E-state index is 11.9. The number of anilines is 1. The minimum absolute atomic E-state index is 0.0146. The van der Waals surface area contributed by atoms with Crippen molar-refractivity contribution in [1.29, 1.82) is 0 Å². The van der Waals surface area contributed by atoms with Gasteiger partial charge in [-0.15, -0.1) is 0 Å². The lowest BCUT2D eigenvalue weighted by Gasteiger charge is -2.12. The van der Waals surface area contributed by atoms with E-state index in [1.54, 1.807) is 6.08 Å². The van der Waals surface area contributed by atoms with Crippen LogP contribution in [-0.2, 0) is 9.59 Å². The van der Waals surface area contributed by atoms with Gasteiger partial charge in [0.15, 0.2) is 11.6 Å². The van der Waals surface area contributed by atoms with Crippen LogP contribution in [-0.4, -0.2) is 25.7 Å². The van der Waals surface area contributed by atoms with Gasteiger partial charge in [-0.2, -0.15) is 0 Å². The molecule has 3 heteroatoms. The first kappa shape index (κ1) is 13.5. The molecule has 0 bridgehead atoms. The lowest BCUT2D eigenvalue weighted by molar-refractivity contribution is -0.120. The van der Waals surface area contributed by atoms with Crippen LogP contribution in [0, 0.1) is 0 Å². The summed E-state index contributed by atoms with van der Waals surface area (Å²) in [6, 6.07) is 7.84. The summed E-state index contributed by atoms with van der Waals surface area (Å²) < 4.78 is 0. The fraction of sp³-hybridized carbons (Fsp3) is 0.375. The van der Waals surface area contributed by atoms with E-state index >= 15 is 0 Å². The zero-order valence-electron chi connectivity index (χ0n) is 11.5. The van der Waals surface area contributed by atoms with Crippen LogP contribution in [0.2, 0.25) is 0 Å². The van der Waals surface area contributed by atoms with E-state index in [0.717, 1.165) is 24.1 Å². The van der Waals surface area contributed by atoms with Crippen LogP contribution < -0.4 is 4.90 Å². The van der Waals surface area contributed by atoms with Gasteiger partial charge in [0.05, 0.1) is 5.57 Å². The van der Waals surface area contributed by atoms with Crippen LogP contribution in [0.1, 0.15) is 31.2 Å². The number of carbonyl (C=O) groups excluding carboxylic acids is 2. The van der Waals surface area contributed by atoms with Crippen LogP contribution in [0.3, 0.4) is 0 Å². The third-order valence-corrected chi connectivity index (χ3v) is 3.38. The molecule has 1 aliphatic carbocycles. The molecule has 0 spiro atoms. The molecule has 1 fully saturated rings. The van der Waals surface area contributed by atoms with E-state index in [1.807, 2.05) is 43.3 Å². The van der Waals surface area contributed by atoms with Gasteiger partial charge in [0.2, 0.25) is 0 Å². The number of carbonyl (C=O) groups is 2. The molecule has 0 atom stereocenters. The van der Waals surface area contributed by atoms with Crippen molar-refractivity contribution in [2.75, 3.05) is 19.0 Å². The van der Waals surface area contributed by atoms with Crippen molar-refractivity contribution in [3.63, 3.8) is 0 Å². The average molecular weight is 257 g/mol. The Bertz CT molecular complexity index is 492. The third kappa shape index (κ3) is 3.31. The first-order valence-corrected chi connectivity index (χ1v) is 6.63. The monoisotopic (exact) mass is 257 g/mol. The Hall–Kier alpha value is -1.90. The molecule has 0 radical (unpaired) electrons. The van der Waals surface area contributed by atoms with Crippen molar-refractivity contribution in [3.8, 4) is 0 Å². The second-order valence-electron chi connectivity index (χ2n) is 5.10. The first-order chi connectivity index (χ1) is 9.08. The highest BCUT2D eigenvalue weighted by Crippen LogP contribution is 2.20. The van der Waals surface area contributed by atoms with Gasteiger partial charge in [0, 0.05) is 32.6 Å². The lowest BCUT2D eigenvalue weighted by Crippen LogP contribution is -2.09. The molecule has 3 nitrogen and oxygen atoms in total. The molecule has 0 aromatic heterocycles. The fourth-order valence-corrected chi connectivity index (χ4v) is 2.19. The highest BCUT2D eigenvalue weighted by atomic mass is 16.1. The number of hydrogen-bond acceptors (Lipinski definition) is 3. The molecule has 19 heavy (non-hydrogen) atoms. The summed E-state index contributed by atoms with van der Waals surface area (Å²) in [6.07, 6.45) is 4.36. The van der Waals surface area contributed by atoms with E-state index in [-0.39, 0.29) is 11.6 Å². The van der Waals surface area contributed by atoms with E-state index in [2.05, 4.69) is 0 Å². The van der Waals surface area contributed by atoms with E-state index in [9.17, 15) is 9.59 Å². The molecule has 0 N–H and O–H groups in total. The van der Waals surface area contributed by atoms with Crippen LogP contribution in [0.25, 0.3) is 6.08 Å². The van der Waals surface area contributed by atoms with E-state index in [4.69, 9.17) is 0 Å². The van der Waals surface area contributed by atoms with Crippen LogP contribution in [0.15, 0.2) is 29.8 Å². The number of rotatable bonds is 2. The summed E-state index contributed by atoms with van der Waals surface area (Å²) in [7, 11) is 3.96. The molecule has 0 unspecified atom stereocenters. The van der Waals surface area contributed by atoms with Gasteiger partial charge in [-0.1, -0.05) is 12.1 Å². The Morgan fingerprint density at radius 1 is 0.947 bits per heavy atom. The summed E-state index contributed by atoms with van der Waals surface area (Å²) in [6.45, 7) is 0. The minimum atomic E-state index is -0.0146. The highest BCUT2D eigenvalue weighted by Gasteiger charge is 2.20. The van der Waals surface area contributed by atoms with E-state index < -0.39 is 0 Å². The van der Waals surface area contributed by atoms with E-state index in [0.29, 0.717) is 18.4 Å². The van der Waals surface area contributed by atoms with Gasteiger partial charge in [0.1, 0.15) is 0 Å². The minimum Gasteiger partial charge on any atom is -0.378 e. The molecule has 0 amide bonds. The van der Waals surface area contributed by atoms with Crippen LogP contribution in [0.5, 0.6) is 0 Å².